The number of rotatable bonds is 5. The van der Waals surface area contributed by atoms with Gasteiger partial charge in [-0.1, -0.05) is 23.8 Å². The number of aryl methyl sites for hydroxylation is 1. The highest BCUT2D eigenvalue weighted by atomic mass is 32.2. The maximum absolute atomic E-state index is 12.0. The number of hydrogen-bond acceptors (Lipinski definition) is 4. The molecule has 3 rings (SSSR count). The Kier molecular flexibility index (Phi) is 4.96. The second-order valence-corrected chi connectivity index (χ2v) is 6.41. The fourth-order valence-electron chi connectivity index (χ4n) is 2.26. The Labute approximate surface area is 143 Å². The van der Waals surface area contributed by atoms with Crippen molar-refractivity contribution >= 4 is 29.0 Å². The Hall–Kier alpha value is -2.60. The molecule has 6 heteroatoms. The standard InChI is InChI=1S/C18H17N3O2S/c1-13-5-7-14(8-6-13)20-17(22)12-24-11-15-10-18(23)21-9-3-2-4-16(21)19-15/h2-10H,11-12H2,1H3,(H,20,22). The summed E-state index contributed by atoms with van der Waals surface area (Å²) in [5, 5.41) is 2.85. The van der Waals surface area contributed by atoms with E-state index in [4.69, 9.17) is 0 Å². The molecule has 24 heavy (non-hydrogen) atoms. The van der Waals surface area contributed by atoms with Gasteiger partial charge in [-0.05, 0) is 31.2 Å². The number of hydrogen-bond donors (Lipinski definition) is 1. The van der Waals surface area contributed by atoms with Crippen LogP contribution >= 0.6 is 11.8 Å². The van der Waals surface area contributed by atoms with E-state index in [0.29, 0.717) is 22.8 Å². The second kappa shape index (κ2) is 7.31. The molecular formula is C18H17N3O2S. The van der Waals surface area contributed by atoms with E-state index in [1.54, 1.807) is 18.3 Å². The van der Waals surface area contributed by atoms with Crippen molar-refractivity contribution in [1.29, 1.82) is 0 Å². The van der Waals surface area contributed by atoms with Crippen molar-refractivity contribution in [2.75, 3.05) is 11.1 Å². The first-order valence-corrected chi connectivity index (χ1v) is 8.69. The zero-order valence-corrected chi connectivity index (χ0v) is 14.0. The third-order valence-corrected chi connectivity index (χ3v) is 4.41. The third-order valence-electron chi connectivity index (χ3n) is 3.44. The fourth-order valence-corrected chi connectivity index (χ4v) is 2.98. The largest absolute Gasteiger partial charge is 0.325 e. The minimum absolute atomic E-state index is 0.0682. The maximum atomic E-state index is 12.0. The predicted molar refractivity (Wildman–Crippen MR) is 97.4 cm³/mol. The van der Waals surface area contributed by atoms with E-state index >= 15 is 0 Å². The molecule has 5 nitrogen and oxygen atoms in total. The molecule has 1 aromatic carbocycles. The highest BCUT2D eigenvalue weighted by Gasteiger charge is 2.05. The minimum atomic E-state index is -0.111. The van der Waals surface area contributed by atoms with Gasteiger partial charge in [0.15, 0.2) is 0 Å². The van der Waals surface area contributed by atoms with Gasteiger partial charge < -0.3 is 5.32 Å². The van der Waals surface area contributed by atoms with Crippen LogP contribution in [0.25, 0.3) is 5.65 Å². The summed E-state index contributed by atoms with van der Waals surface area (Å²) in [6.07, 6.45) is 1.69. The number of pyridine rings is 1. The van der Waals surface area contributed by atoms with E-state index in [0.717, 1.165) is 11.3 Å². The molecule has 1 amide bonds. The van der Waals surface area contributed by atoms with E-state index in [2.05, 4.69) is 10.3 Å². The van der Waals surface area contributed by atoms with Crippen LogP contribution in [-0.4, -0.2) is 21.0 Å². The molecule has 1 N–H and O–H groups in total. The Morgan fingerprint density at radius 1 is 1.21 bits per heavy atom. The van der Waals surface area contributed by atoms with Gasteiger partial charge in [0.05, 0.1) is 11.4 Å². The minimum Gasteiger partial charge on any atom is -0.325 e. The zero-order chi connectivity index (χ0) is 16.9. The summed E-state index contributed by atoms with van der Waals surface area (Å²) in [5.41, 5.74) is 3.12. The van der Waals surface area contributed by atoms with Crippen molar-refractivity contribution in [2.45, 2.75) is 12.7 Å². The molecule has 0 saturated heterocycles. The number of carbonyl (C=O) groups is 1. The monoisotopic (exact) mass is 339 g/mol. The molecule has 0 aliphatic heterocycles. The molecule has 2 aromatic heterocycles. The first-order valence-electron chi connectivity index (χ1n) is 7.53. The Morgan fingerprint density at radius 3 is 2.79 bits per heavy atom. The van der Waals surface area contributed by atoms with Gasteiger partial charge in [-0.15, -0.1) is 11.8 Å². The quantitative estimate of drug-likeness (QED) is 0.776. The molecule has 2 heterocycles. The fraction of sp³-hybridized carbons (Fsp3) is 0.167. The van der Waals surface area contributed by atoms with Gasteiger partial charge in [-0.3, -0.25) is 14.0 Å². The Balaban J connectivity index is 1.57. The smallest absolute Gasteiger partial charge is 0.258 e. The zero-order valence-electron chi connectivity index (χ0n) is 13.2. The number of anilines is 1. The summed E-state index contributed by atoms with van der Waals surface area (Å²) in [5.74, 6) is 0.757. The number of aromatic nitrogens is 2. The molecule has 0 bridgehead atoms. The number of benzene rings is 1. The van der Waals surface area contributed by atoms with E-state index in [9.17, 15) is 9.59 Å². The van der Waals surface area contributed by atoms with E-state index in [1.165, 1.54) is 22.2 Å². The molecule has 0 unspecified atom stereocenters. The van der Waals surface area contributed by atoms with Gasteiger partial charge in [-0.25, -0.2) is 4.98 Å². The molecule has 0 aliphatic carbocycles. The topological polar surface area (TPSA) is 63.5 Å². The summed E-state index contributed by atoms with van der Waals surface area (Å²) in [4.78, 5) is 28.4. The van der Waals surface area contributed by atoms with Crippen LogP contribution in [-0.2, 0) is 10.5 Å². The number of amides is 1. The number of nitrogens with one attached hydrogen (secondary N) is 1. The third kappa shape index (κ3) is 4.02. The molecular weight excluding hydrogens is 322 g/mol. The highest BCUT2D eigenvalue weighted by molar-refractivity contribution is 7.99. The average molecular weight is 339 g/mol. The highest BCUT2D eigenvalue weighted by Crippen LogP contribution is 2.12. The van der Waals surface area contributed by atoms with Crippen molar-refractivity contribution < 1.29 is 4.79 Å². The lowest BCUT2D eigenvalue weighted by Gasteiger charge is -2.06. The maximum Gasteiger partial charge on any atom is 0.258 e. The van der Waals surface area contributed by atoms with Crippen molar-refractivity contribution in [3.8, 4) is 0 Å². The van der Waals surface area contributed by atoms with E-state index < -0.39 is 0 Å². The van der Waals surface area contributed by atoms with E-state index in [-0.39, 0.29) is 11.5 Å². The van der Waals surface area contributed by atoms with Crippen LogP contribution in [0.4, 0.5) is 5.69 Å². The van der Waals surface area contributed by atoms with Crippen LogP contribution in [0.3, 0.4) is 0 Å². The number of thioether (sulfide) groups is 1. The van der Waals surface area contributed by atoms with Gasteiger partial charge in [0.1, 0.15) is 5.65 Å². The van der Waals surface area contributed by atoms with Crippen molar-refractivity contribution in [3.05, 3.63) is 76.3 Å². The van der Waals surface area contributed by atoms with Gasteiger partial charge in [0, 0.05) is 23.7 Å². The Morgan fingerprint density at radius 2 is 2.00 bits per heavy atom. The average Bonchev–Trinajstić information content (AvgIpc) is 2.57. The van der Waals surface area contributed by atoms with Gasteiger partial charge in [-0.2, -0.15) is 0 Å². The molecule has 0 aliphatic rings. The molecule has 0 spiro atoms. The van der Waals surface area contributed by atoms with Crippen molar-refractivity contribution in [3.63, 3.8) is 0 Å². The molecule has 122 valence electrons. The van der Waals surface area contributed by atoms with Crippen LogP contribution in [0.1, 0.15) is 11.3 Å². The van der Waals surface area contributed by atoms with Crippen LogP contribution in [0.2, 0.25) is 0 Å². The normalized spacial score (nSPS) is 10.7. The van der Waals surface area contributed by atoms with Gasteiger partial charge in [0.25, 0.3) is 5.56 Å². The lowest BCUT2D eigenvalue weighted by atomic mass is 10.2. The molecule has 0 radical (unpaired) electrons. The summed E-state index contributed by atoms with van der Waals surface area (Å²) in [6, 6.07) is 14.6. The lowest BCUT2D eigenvalue weighted by molar-refractivity contribution is -0.113. The molecule has 0 atom stereocenters. The molecule has 0 fully saturated rings. The van der Waals surface area contributed by atoms with Crippen LogP contribution < -0.4 is 10.9 Å². The van der Waals surface area contributed by atoms with E-state index in [1.807, 2.05) is 37.3 Å². The lowest BCUT2D eigenvalue weighted by Crippen LogP contribution is -2.16. The number of nitrogens with zero attached hydrogens (tertiary/aromatic N) is 2. The van der Waals surface area contributed by atoms with Gasteiger partial charge >= 0.3 is 0 Å². The number of fused-ring (bicyclic) bond motifs is 1. The summed E-state index contributed by atoms with van der Waals surface area (Å²) in [7, 11) is 0. The van der Waals surface area contributed by atoms with Gasteiger partial charge in [0.2, 0.25) is 5.91 Å². The summed E-state index contributed by atoms with van der Waals surface area (Å²) in [6.45, 7) is 2.00. The molecule has 3 aromatic rings. The predicted octanol–water partition coefficient (Wildman–Crippen LogP) is 2.87. The van der Waals surface area contributed by atoms with Crippen molar-refractivity contribution in [2.24, 2.45) is 0 Å². The SMILES string of the molecule is Cc1ccc(NC(=O)CSCc2cc(=O)n3ccccc3n2)cc1. The van der Waals surface area contributed by atoms with Crippen LogP contribution in [0.5, 0.6) is 0 Å². The second-order valence-electron chi connectivity index (χ2n) is 5.42. The first kappa shape index (κ1) is 16.3. The summed E-state index contributed by atoms with van der Waals surface area (Å²) >= 11 is 1.43. The molecule has 0 saturated carbocycles. The first-order chi connectivity index (χ1) is 11.6. The van der Waals surface area contributed by atoms with Crippen molar-refractivity contribution in [1.82, 2.24) is 9.38 Å². The number of carbonyl (C=O) groups excluding carboxylic acids is 1. The van der Waals surface area contributed by atoms with Crippen LogP contribution in [0, 0.1) is 6.92 Å². The summed E-state index contributed by atoms with van der Waals surface area (Å²) < 4.78 is 1.50. The van der Waals surface area contributed by atoms with Crippen LogP contribution in [0.15, 0.2) is 59.5 Å². The Bertz CT molecular complexity index is 919.